The van der Waals surface area contributed by atoms with Crippen molar-refractivity contribution < 1.29 is 4.79 Å². The van der Waals surface area contributed by atoms with Crippen LogP contribution >= 0.6 is 15.9 Å². The molecular formula is C16H13BrN2O. The first-order chi connectivity index (χ1) is 9.56. The average molecular weight is 329 g/mol. The van der Waals surface area contributed by atoms with Crippen molar-refractivity contribution in [3.63, 3.8) is 0 Å². The highest BCUT2D eigenvalue weighted by atomic mass is 79.9. The molecule has 0 aliphatic rings. The van der Waals surface area contributed by atoms with Crippen LogP contribution in [0.5, 0.6) is 0 Å². The Labute approximate surface area is 125 Å². The van der Waals surface area contributed by atoms with Crippen molar-refractivity contribution in [2.45, 2.75) is 0 Å². The summed E-state index contributed by atoms with van der Waals surface area (Å²) in [5.74, 6) is -0.0187. The van der Waals surface area contributed by atoms with E-state index in [1.54, 1.807) is 18.2 Å². The lowest BCUT2D eigenvalue weighted by Gasteiger charge is -2.03. The number of halogens is 1. The van der Waals surface area contributed by atoms with Crippen LogP contribution in [0.1, 0.15) is 15.9 Å². The van der Waals surface area contributed by atoms with Crippen LogP contribution in [-0.2, 0) is 7.05 Å². The Morgan fingerprint density at radius 1 is 1.20 bits per heavy atom. The van der Waals surface area contributed by atoms with Gasteiger partial charge < -0.3 is 10.3 Å². The highest BCUT2D eigenvalue weighted by Gasteiger charge is 2.16. The van der Waals surface area contributed by atoms with Crippen LogP contribution in [0.25, 0.3) is 10.9 Å². The SMILES string of the molecule is Cn1cc(C(=O)c2cc(N)cc(Br)c2)c2ccccc21. The molecular weight excluding hydrogens is 316 g/mol. The van der Waals surface area contributed by atoms with Gasteiger partial charge in [-0.15, -0.1) is 0 Å². The van der Waals surface area contributed by atoms with Gasteiger partial charge in [0.1, 0.15) is 0 Å². The van der Waals surface area contributed by atoms with E-state index in [1.165, 1.54) is 0 Å². The molecule has 0 saturated carbocycles. The second-order valence-corrected chi connectivity index (χ2v) is 5.69. The maximum absolute atomic E-state index is 12.7. The summed E-state index contributed by atoms with van der Waals surface area (Å²) in [6, 6.07) is 13.1. The molecule has 0 bridgehead atoms. The van der Waals surface area contributed by atoms with Crippen molar-refractivity contribution in [2.75, 3.05) is 5.73 Å². The van der Waals surface area contributed by atoms with E-state index in [1.807, 2.05) is 42.1 Å². The number of carbonyl (C=O) groups is 1. The minimum Gasteiger partial charge on any atom is -0.399 e. The number of para-hydroxylation sites is 1. The molecule has 1 heterocycles. The number of aromatic nitrogens is 1. The zero-order valence-electron chi connectivity index (χ0n) is 10.9. The summed E-state index contributed by atoms with van der Waals surface area (Å²) >= 11 is 3.37. The molecule has 0 unspecified atom stereocenters. The smallest absolute Gasteiger partial charge is 0.195 e. The molecule has 3 rings (SSSR count). The summed E-state index contributed by atoms with van der Waals surface area (Å²) in [5.41, 5.74) is 8.70. The molecule has 2 aromatic carbocycles. The van der Waals surface area contributed by atoms with E-state index in [0.29, 0.717) is 16.8 Å². The van der Waals surface area contributed by atoms with Crippen LogP contribution in [-0.4, -0.2) is 10.4 Å². The van der Waals surface area contributed by atoms with Crippen LogP contribution < -0.4 is 5.73 Å². The molecule has 1 aromatic heterocycles. The zero-order chi connectivity index (χ0) is 14.3. The first-order valence-corrected chi connectivity index (χ1v) is 7.00. The Balaban J connectivity index is 2.18. The number of nitrogens with zero attached hydrogens (tertiary/aromatic N) is 1. The highest BCUT2D eigenvalue weighted by molar-refractivity contribution is 9.10. The number of hydrogen-bond acceptors (Lipinski definition) is 2. The molecule has 2 N–H and O–H groups in total. The van der Waals surface area contributed by atoms with Crippen molar-refractivity contribution in [2.24, 2.45) is 7.05 Å². The van der Waals surface area contributed by atoms with E-state index in [0.717, 1.165) is 15.4 Å². The van der Waals surface area contributed by atoms with Gasteiger partial charge in [-0.1, -0.05) is 34.1 Å². The van der Waals surface area contributed by atoms with Crippen molar-refractivity contribution in [1.82, 2.24) is 4.57 Å². The fourth-order valence-electron chi connectivity index (χ4n) is 2.42. The highest BCUT2D eigenvalue weighted by Crippen LogP contribution is 2.25. The molecule has 3 aromatic rings. The second-order valence-electron chi connectivity index (χ2n) is 4.77. The summed E-state index contributed by atoms with van der Waals surface area (Å²) in [7, 11) is 1.94. The minimum atomic E-state index is -0.0187. The van der Waals surface area contributed by atoms with Gasteiger partial charge in [-0.3, -0.25) is 4.79 Å². The molecule has 100 valence electrons. The number of nitrogens with two attached hydrogens (primary N) is 1. The van der Waals surface area contributed by atoms with Gasteiger partial charge >= 0.3 is 0 Å². The molecule has 0 amide bonds. The van der Waals surface area contributed by atoms with Crippen LogP contribution in [0.3, 0.4) is 0 Å². The van der Waals surface area contributed by atoms with Crippen LogP contribution in [0.4, 0.5) is 5.69 Å². The Hall–Kier alpha value is -2.07. The second kappa shape index (κ2) is 4.80. The molecule has 0 aliphatic carbocycles. The molecule has 0 fully saturated rings. The van der Waals surface area contributed by atoms with Crippen LogP contribution in [0, 0.1) is 0 Å². The summed E-state index contributed by atoms with van der Waals surface area (Å²) in [5, 5.41) is 0.957. The third kappa shape index (κ3) is 2.12. The normalized spacial score (nSPS) is 10.9. The molecule has 0 atom stereocenters. The third-order valence-electron chi connectivity index (χ3n) is 3.32. The summed E-state index contributed by atoms with van der Waals surface area (Å²) in [6.45, 7) is 0. The number of anilines is 1. The van der Waals surface area contributed by atoms with Crippen molar-refractivity contribution >= 4 is 38.3 Å². The largest absolute Gasteiger partial charge is 0.399 e. The minimum absolute atomic E-state index is 0.0187. The Bertz CT molecular complexity index is 800. The standard InChI is InChI=1S/C16H13BrN2O/c1-19-9-14(13-4-2-3-5-15(13)19)16(20)10-6-11(17)8-12(18)7-10/h2-9H,18H2,1H3. The van der Waals surface area contributed by atoms with Crippen molar-refractivity contribution in [3.05, 3.63) is 64.3 Å². The van der Waals surface area contributed by atoms with Gasteiger partial charge in [0.05, 0.1) is 0 Å². The van der Waals surface area contributed by atoms with E-state index < -0.39 is 0 Å². The Kier molecular flexibility index (Phi) is 3.10. The summed E-state index contributed by atoms with van der Waals surface area (Å²) in [4.78, 5) is 12.7. The van der Waals surface area contributed by atoms with Crippen molar-refractivity contribution in [3.8, 4) is 0 Å². The predicted octanol–water partition coefficient (Wildman–Crippen LogP) is 3.75. The number of hydrogen-bond donors (Lipinski definition) is 1. The molecule has 0 aliphatic heterocycles. The van der Waals surface area contributed by atoms with Crippen LogP contribution in [0.2, 0.25) is 0 Å². The molecule has 0 spiro atoms. The first kappa shape index (κ1) is 12.9. The third-order valence-corrected chi connectivity index (χ3v) is 3.78. The van der Waals surface area contributed by atoms with Gasteiger partial charge in [-0.2, -0.15) is 0 Å². The number of benzene rings is 2. The van der Waals surface area contributed by atoms with Gasteiger partial charge in [-0.05, 0) is 24.3 Å². The summed E-state index contributed by atoms with van der Waals surface area (Å²) < 4.78 is 2.77. The number of fused-ring (bicyclic) bond motifs is 1. The fraction of sp³-hybridized carbons (Fsp3) is 0.0625. The Morgan fingerprint density at radius 3 is 2.70 bits per heavy atom. The fourth-order valence-corrected chi connectivity index (χ4v) is 2.93. The maximum atomic E-state index is 12.7. The van der Waals surface area contributed by atoms with Gasteiger partial charge in [0.15, 0.2) is 5.78 Å². The topological polar surface area (TPSA) is 48.0 Å². The summed E-state index contributed by atoms with van der Waals surface area (Å²) in [6.07, 6.45) is 1.87. The number of carbonyl (C=O) groups excluding carboxylic acids is 1. The zero-order valence-corrected chi connectivity index (χ0v) is 12.5. The van der Waals surface area contributed by atoms with Gasteiger partial charge in [0.2, 0.25) is 0 Å². The number of aryl methyl sites for hydroxylation is 1. The first-order valence-electron chi connectivity index (χ1n) is 6.21. The van der Waals surface area contributed by atoms with E-state index in [9.17, 15) is 4.79 Å². The molecule has 0 saturated heterocycles. The lowest BCUT2D eigenvalue weighted by atomic mass is 10.0. The lowest BCUT2D eigenvalue weighted by molar-refractivity contribution is 0.104. The number of ketones is 1. The van der Waals surface area contributed by atoms with E-state index in [-0.39, 0.29) is 5.78 Å². The van der Waals surface area contributed by atoms with E-state index in [2.05, 4.69) is 15.9 Å². The Morgan fingerprint density at radius 2 is 1.95 bits per heavy atom. The average Bonchev–Trinajstić information content (AvgIpc) is 2.75. The quantitative estimate of drug-likeness (QED) is 0.575. The van der Waals surface area contributed by atoms with Gasteiger partial charge in [0, 0.05) is 45.4 Å². The lowest BCUT2D eigenvalue weighted by Crippen LogP contribution is -2.02. The van der Waals surface area contributed by atoms with E-state index >= 15 is 0 Å². The molecule has 0 radical (unpaired) electrons. The number of nitrogen functional groups attached to an aromatic ring is 1. The van der Waals surface area contributed by atoms with Crippen molar-refractivity contribution in [1.29, 1.82) is 0 Å². The van der Waals surface area contributed by atoms with Gasteiger partial charge in [0.25, 0.3) is 0 Å². The monoisotopic (exact) mass is 328 g/mol. The molecule has 20 heavy (non-hydrogen) atoms. The molecule has 3 nitrogen and oxygen atoms in total. The van der Waals surface area contributed by atoms with E-state index in [4.69, 9.17) is 5.73 Å². The maximum Gasteiger partial charge on any atom is 0.195 e. The number of rotatable bonds is 2. The molecule has 4 heteroatoms. The van der Waals surface area contributed by atoms with Gasteiger partial charge in [-0.25, -0.2) is 0 Å². The predicted molar refractivity (Wildman–Crippen MR) is 84.9 cm³/mol. The van der Waals surface area contributed by atoms with Crippen LogP contribution in [0.15, 0.2) is 53.1 Å².